The minimum atomic E-state index is 0. The van der Waals surface area contributed by atoms with Crippen LogP contribution >= 0.6 is 0 Å². The Bertz CT molecular complexity index is 1010. The molecule has 0 aliphatic heterocycles. The molecule has 0 saturated heterocycles. The molecule has 0 aromatic heterocycles. The first kappa shape index (κ1) is 34.6. The van der Waals surface area contributed by atoms with Crippen molar-refractivity contribution in [3.63, 3.8) is 0 Å². The summed E-state index contributed by atoms with van der Waals surface area (Å²) < 4.78 is 0. The average molecular weight is 578 g/mol. The second-order valence-electron chi connectivity index (χ2n) is 10.1. The summed E-state index contributed by atoms with van der Waals surface area (Å²) in [4.78, 5) is 0. The molecule has 3 heteroatoms. The second kappa shape index (κ2) is 17.2. The van der Waals surface area contributed by atoms with Gasteiger partial charge in [-0.2, -0.15) is 45.5 Å². The van der Waals surface area contributed by atoms with Crippen molar-refractivity contribution < 1.29 is 36.4 Å². The third kappa shape index (κ3) is 12.6. The van der Waals surface area contributed by atoms with Gasteiger partial charge < -0.3 is 10.2 Å². The van der Waals surface area contributed by atoms with E-state index in [4.69, 9.17) is 10.2 Å². The molecule has 0 unspecified atom stereocenters. The Morgan fingerprint density at radius 2 is 0.784 bits per heavy atom. The molecule has 4 aromatic rings. The van der Waals surface area contributed by atoms with Crippen LogP contribution in [0.25, 0.3) is 0 Å². The molecule has 2 N–H and O–H groups in total. The van der Waals surface area contributed by atoms with E-state index in [2.05, 4.69) is 93.5 Å². The molecule has 0 radical (unpaired) electrons. The number of phenols is 2. The summed E-state index contributed by atoms with van der Waals surface area (Å²) in [6.45, 7) is 21.4. The SMILES string of the molecule is CC(C)c1ccc(O)cc1.CC(C)c1ccc(O)cc1.Cc1cc[c-](C)c1C.Cc1cc[c-](C)c1C.[Zr+2]. The van der Waals surface area contributed by atoms with Crippen LogP contribution in [0.5, 0.6) is 11.5 Å². The molecule has 2 nitrogen and oxygen atoms in total. The van der Waals surface area contributed by atoms with E-state index < -0.39 is 0 Å². The molecule has 0 amide bonds. The largest absolute Gasteiger partial charge is 2.00 e. The molecule has 0 aliphatic rings. The molecule has 0 aliphatic carbocycles. The quantitative estimate of drug-likeness (QED) is 0.233. The molecule has 0 atom stereocenters. The molecule has 4 rings (SSSR count). The van der Waals surface area contributed by atoms with Gasteiger partial charge in [0.15, 0.2) is 0 Å². The van der Waals surface area contributed by atoms with E-state index in [0.29, 0.717) is 23.3 Å². The van der Waals surface area contributed by atoms with Crippen LogP contribution in [0, 0.1) is 41.5 Å². The summed E-state index contributed by atoms with van der Waals surface area (Å²) in [6.07, 6.45) is 0. The number of benzene rings is 2. The fourth-order valence-electron chi connectivity index (χ4n) is 3.34. The summed E-state index contributed by atoms with van der Waals surface area (Å²) in [5.41, 5.74) is 11.0. The number of hydrogen-bond donors (Lipinski definition) is 2. The zero-order valence-corrected chi connectivity index (χ0v) is 26.9. The first-order valence-electron chi connectivity index (χ1n) is 12.8. The monoisotopic (exact) mass is 576 g/mol. The van der Waals surface area contributed by atoms with Crippen LogP contribution < -0.4 is 0 Å². The molecule has 37 heavy (non-hydrogen) atoms. The van der Waals surface area contributed by atoms with E-state index in [1.54, 1.807) is 24.3 Å². The third-order valence-electron chi connectivity index (χ3n) is 6.65. The zero-order chi connectivity index (χ0) is 27.4. The van der Waals surface area contributed by atoms with Gasteiger partial charge in [0.25, 0.3) is 0 Å². The Morgan fingerprint density at radius 1 is 0.514 bits per heavy atom. The van der Waals surface area contributed by atoms with Crippen LogP contribution in [0.3, 0.4) is 0 Å². The Morgan fingerprint density at radius 3 is 0.919 bits per heavy atom. The Hall–Kier alpha value is -2.38. The van der Waals surface area contributed by atoms with Crippen LogP contribution in [0.4, 0.5) is 0 Å². The number of aryl methyl sites for hydroxylation is 4. The zero-order valence-electron chi connectivity index (χ0n) is 24.5. The van der Waals surface area contributed by atoms with Crippen molar-refractivity contribution in [1.29, 1.82) is 0 Å². The summed E-state index contributed by atoms with van der Waals surface area (Å²) in [5.74, 6) is 1.76. The van der Waals surface area contributed by atoms with Crippen LogP contribution in [0.2, 0.25) is 0 Å². The Kier molecular flexibility index (Phi) is 16.1. The first-order valence-corrected chi connectivity index (χ1v) is 12.8. The van der Waals surface area contributed by atoms with Crippen LogP contribution in [-0.2, 0) is 26.2 Å². The number of hydrogen-bond acceptors (Lipinski definition) is 2. The van der Waals surface area contributed by atoms with Crippen molar-refractivity contribution in [2.75, 3.05) is 0 Å². The van der Waals surface area contributed by atoms with Gasteiger partial charge in [0.05, 0.1) is 0 Å². The van der Waals surface area contributed by atoms with Gasteiger partial charge in [-0.1, -0.05) is 93.5 Å². The van der Waals surface area contributed by atoms with E-state index in [1.165, 1.54) is 44.5 Å². The van der Waals surface area contributed by atoms with E-state index >= 15 is 0 Å². The fourth-order valence-corrected chi connectivity index (χ4v) is 3.34. The molecular formula is C34H46O2Zr. The summed E-state index contributed by atoms with van der Waals surface area (Å²) in [7, 11) is 0. The minimum Gasteiger partial charge on any atom is -0.508 e. The van der Waals surface area contributed by atoms with E-state index in [-0.39, 0.29) is 26.2 Å². The molecule has 0 bridgehead atoms. The molecule has 0 fully saturated rings. The maximum Gasteiger partial charge on any atom is 2.00 e. The smallest absolute Gasteiger partial charge is 0.508 e. The fraction of sp³-hybridized carbons (Fsp3) is 0.353. The predicted molar refractivity (Wildman–Crippen MR) is 157 cm³/mol. The molecule has 0 spiro atoms. The maximum absolute atomic E-state index is 8.94. The summed E-state index contributed by atoms with van der Waals surface area (Å²) >= 11 is 0. The number of phenolic OH excluding ortho intramolecular Hbond substituents is 2. The van der Waals surface area contributed by atoms with Gasteiger partial charge in [-0.05, 0) is 47.2 Å². The van der Waals surface area contributed by atoms with Gasteiger partial charge >= 0.3 is 26.2 Å². The van der Waals surface area contributed by atoms with Crippen molar-refractivity contribution in [2.24, 2.45) is 0 Å². The van der Waals surface area contributed by atoms with Crippen LogP contribution in [0.15, 0.2) is 72.8 Å². The normalized spacial score (nSPS) is 9.84. The molecule has 0 saturated carbocycles. The second-order valence-corrected chi connectivity index (χ2v) is 10.1. The minimum absolute atomic E-state index is 0. The Labute approximate surface area is 245 Å². The topological polar surface area (TPSA) is 40.5 Å². The van der Waals surface area contributed by atoms with Gasteiger partial charge in [-0.25, -0.2) is 12.1 Å². The van der Waals surface area contributed by atoms with Crippen molar-refractivity contribution in [3.8, 4) is 11.5 Å². The predicted octanol–water partition coefficient (Wildman–Crippen LogP) is 9.69. The van der Waals surface area contributed by atoms with Crippen molar-refractivity contribution in [2.45, 2.75) is 81.1 Å². The van der Waals surface area contributed by atoms with Crippen molar-refractivity contribution in [1.82, 2.24) is 0 Å². The van der Waals surface area contributed by atoms with Crippen LogP contribution in [0.1, 0.15) is 84.0 Å². The number of rotatable bonds is 2. The van der Waals surface area contributed by atoms with Crippen molar-refractivity contribution in [3.05, 3.63) is 117 Å². The molecule has 0 heterocycles. The van der Waals surface area contributed by atoms with Crippen LogP contribution in [-0.4, -0.2) is 10.2 Å². The molecular weight excluding hydrogens is 532 g/mol. The molecule has 4 aromatic carbocycles. The average Bonchev–Trinajstić information content (AvgIpc) is 3.30. The Balaban J connectivity index is 0.000000465. The standard InChI is InChI=1S/2C9H12O.2C8H11.Zr/c2*1-7(2)8-3-5-9(10)6-4-8;2*1-6-4-5-7(2)8(6)3;/h2*3-7,10H,1-2H3;2*4-5H,1-3H3;/q;;2*-1;+2. The number of aromatic hydroxyl groups is 2. The van der Waals surface area contributed by atoms with Crippen molar-refractivity contribution >= 4 is 0 Å². The first-order chi connectivity index (χ1) is 16.8. The van der Waals surface area contributed by atoms with Gasteiger partial charge in [0.2, 0.25) is 0 Å². The summed E-state index contributed by atoms with van der Waals surface area (Å²) in [6, 6.07) is 23.3. The maximum atomic E-state index is 8.94. The van der Waals surface area contributed by atoms with E-state index in [9.17, 15) is 0 Å². The van der Waals surface area contributed by atoms with E-state index in [1.807, 2.05) is 24.3 Å². The third-order valence-corrected chi connectivity index (χ3v) is 6.65. The van der Waals surface area contributed by atoms with Gasteiger partial charge in [0, 0.05) is 0 Å². The summed E-state index contributed by atoms with van der Waals surface area (Å²) in [5, 5.41) is 17.9. The van der Waals surface area contributed by atoms with Gasteiger partial charge in [-0.3, -0.25) is 0 Å². The van der Waals surface area contributed by atoms with Gasteiger partial charge in [0.1, 0.15) is 11.5 Å². The molecule has 198 valence electrons. The van der Waals surface area contributed by atoms with E-state index in [0.717, 1.165) is 0 Å². The van der Waals surface area contributed by atoms with Gasteiger partial charge in [-0.15, -0.1) is 0 Å².